The second-order valence-electron chi connectivity index (χ2n) is 4.48. The minimum atomic E-state index is -0.151. The van der Waals surface area contributed by atoms with Gasteiger partial charge >= 0.3 is 0 Å². The molecule has 1 aliphatic carbocycles. The Morgan fingerprint density at radius 3 is 2.87 bits per heavy atom. The van der Waals surface area contributed by atoms with Gasteiger partial charge in [0.25, 0.3) is 0 Å². The fourth-order valence-corrected chi connectivity index (χ4v) is 2.40. The Hall–Kier alpha value is -0.800. The number of hydrogen-bond donors (Lipinski definition) is 1. The highest BCUT2D eigenvalue weighted by Crippen LogP contribution is 2.25. The van der Waals surface area contributed by atoms with E-state index in [4.69, 9.17) is 4.42 Å². The van der Waals surface area contributed by atoms with Crippen LogP contribution in [-0.4, -0.2) is 29.2 Å². The average molecular weight is 209 g/mol. The highest BCUT2D eigenvalue weighted by atomic mass is 16.3. The van der Waals surface area contributed by atoms with Gasteiger partial charge in [0, 0.05) is 18.2 Å². The molecule has 15 heavy (non-hydrogen) atoms. The highest BCUT2D eigenvalue weighted by molar-refractivity contribution is 5.15. The first-order valence-electron chi connectivity index (χ1n) is 5.60. The number of hydrogen-bond acceptors (Lipinski definition) is 3. The van der Waals surface area contributed by atoms with E-state index in [-0.39, 0.29) is 6.10 Å². The normalized spacial score (nSPS) is 26.4. The molecule has 0 spiro atoms. The van der Waals surface area contributed by atoms with Crippen LogP contribution in [-0.2, 0) is 6.54 Å². The Morgan fingerprint density at radius 1 is 1.53 bits per heavy atom. The third-order valence-corrected chi connectivity index (χ3v) is 3.40. The first-order chi connectivity index (χ1) is 7.18. The predicted molar refractivity (Wildman–Crippen MR) is 58.6 cm³/mol. The van der Waals surface area contributed by atoms with Crippen LogP contribution in [0.5, 0.6) is 0 Å². The Labute approximate surface area is 90.7 Å². The molecule has 84 valence electrons. The van der Waals surface area contributed by atoms with Crippen molar-refractivity contribution in [3.05, 3.63) is 23.7 Å². The molecule has 0 aliphatic heterocycles. The van der Waals surface area contributed by atoms with Crippen molar-refractivity contribution in [1.29, 1.82) is 0 Å². The molecule has 3 nitrogen and oxygen atoms in total. The highest BCUT2D eigenvalue weighted by Gasteiger charge is 2.28. The molecule has 0 unspecified atom stereocenters. The SMILES string of the molecule is Cc1occc1CN(C)[C@@H]1CCC[C@H]1O. The van der Waals surface area contributed by atoms with Crippen molar-refractivity contribution in [3.63, 3.8) is 0 Å². The van der Waals surface area contributed by atoms with Crippen molar-refractivity contribution in [1.82, 2.24) is 4.90 Å². The summed E-state index contributed by atoms with van der Waals surface area (Å²) in [5.74, 6) is 0.981. The van der Waals surface area contributed by atoms with Crippen LogP contribution in [0.25, 0.3) is 0 Å². The standard InChI is InChI=1S/C12H19NO2/c1-9-10(6-7-15-9)8-13(2)11-4-3-5-12(11)14/h6-7,11-12,14H,3-5,8H2,1-2H3/t11-,12-/m1/s1. The van der Waals surface area contributed by atoms with Gasteiger partial charge in [0.2, 0.25) is 0 Å². The van der Waals surface area contributed by atoms with Gasteiger partial charge in [-0.3, -0.25) is 4.90 Å². The third-order valence-electron chi connectivity index (χ3n) is 3.40. The minimum Gasteiger partial charge on any atom is -0.469 e. The summed E-state index contributed by atoms with van der Waals surface area (Å²) >= 11 is 0. The number of aryl methyl sites for hydroxylation is 1. The number of aliphatic hydroxyl groups is 1. The molecule has 0 radical (unpaired) electrons. The summed E-state index contributed by atoms with van der Waals surface area (Å²) in [7, 11) is 2.08. The van der Waals surface area contributed by atoms with Gasteiger partial charge in [0.05, 0.1) is 12.4 Å². The zero-order valence-electron chi connectivity index (χ0n) is 9.44. The van der Waals surface area contributed by atoms with Crippen molar-refractivity contribution >= 4 is 0 Å². The molecule has 0 saturated heterocycles. The zero-order valence-corrected chi connectivity index (χ0v) is 9.44. The van der Waals surface area contributed by atoms with Crippen LogP contribution < -0.4 is 0 Å². The topological polar surface area (TPSA) is 36.6 Å². The van der Waals surface area contributed by atoms with E-state index in [0.29, 0.717) is 6.04 Å². The molecule has 3 heteroatoms. The first-order valence-corrected chi connectivity index (χ1v) is 5.60. The maximum absolute atomic E-state index is 9.79. The molecule has 1 saturated carbocycles. The average Bonchev–Trinajstić information content (AvgIpc) is 2.76. The molecule has 1 fully saturated rings. The maximum Gasteiger partial charge on any atom is 0.105 e. The zero-order chi connectivity index (χ0) is 10.8. The molecule has 0 aromatic carbocycles. The van der Waals surface area contributed by atoms with Gasteiger partial charge in [-0.05, 0) is 39.3 Å². The van der Waals surface area contributed by atoms with E-state index in [9.17, 15) is 5.11 Å². The monoisotopic (exact) mass is 209 g/mol. The summed E-state index contributed by atoms with van der Waals surface area (Å²) in [5.41, 5.74) is 1.22. The molecular formula is C12H19NO2. The van der Waals surface area contributed by atoms with Crippen LogP contribution in [0.3, 0.4) is 0 Å². The van der Waals surface area contributed by atoms with E-state index >= 15 is 0 Å². The van der Waals surface area contributed by atoms with Crippen LogP contribution >= 0.6 is 0 Å². The number of nitrogens with zero attached hydrogens (tertiary/aromatic N) is 1. The molecule has 1 aromatic rings. The molecule has 1 heterocycles. The lowest BCUT2D eigenvalue weighted by Gasteiger charge is -2.26. The number of likely N-dealkylation sites (N-methyl/N-ethyl adjacent to an activating group) is 1. The predicted octanol–water partition coefficient (Wildman–Crippen LogP) is 1.93. The molecule has 2 atom stereocenters. The summed E-state index contributed by atoms with van der Waals surface area (Å²) in [6.07, 6.45) is 4.76. The number of aliphatic hydroxyl groups excluding tert-OH is 1. The van der Waals surface area contributed by atoms with E-state index < -0.39 is 0 Å². The van der Waals surface area contributed by atoms with Gasteiger partial charge in [-0.2, -0.15) is 0 Å². The Bertz CT molecular complexity index is 321. The summed E-state index contributed by atoms with van der Waals surface area (Å²) in [5, 5.41) is 9.79. The van der Waals surface area contributed by atoms with E-state index in [2.05, 4.69) is 11.9 Å². The van der Waals surface area contributed by atoms with Gasteiger partial charge in [-0.25, -0.2) is 0 Å². The molecule has 1 aromatic heterocycles. The fraction of sp³-hybridized carbons (Fsp3) is 0.667. The molecule has 0 bridgehead atoms. The molecule has 2 rings (SSSR count). The Kier molecular flexibility index (Phi) is 3.12. The second-order valence-corrected chi connectivity index (χ2v) is 4.48. The van der Waals surface area contributed by atoms with Crippen molar-refractivity contribution in [2.45, 2.75) is 44.9 Å². The van der Waals surface area contributed by atoms with Crippen LogP contribution in [0.1, 0.15) is 30.6 Å². The smallest absolute Gasteiger partial charge is 0.105 e. The number of furan rings is 1. The molecular weight excluding hydrogens is 190 g/mol. The first kappa shape index (κ1) is 10.7. The van der Waals surface area contributed by atoms with Gasteiger partial charge in [-0.1, -0.05) is 0 Å². The lowest BCUT2D eigenvalue weighted by Crippen LogP contribution is -2.37. The summed E-state index contributed by atoms with van der Waals surface area (Å²) in [6, 6.07) is 2.33. The van der Waals surface area contributed by atoms with Gasteiger partial charge < -0.3 is 9.52 Å². The molecule has 1 N–H and O–H groups in total. The van der Waals surface area contributed by atoms with Crippen LogP contribution in [0.4, 0.5) is 0 Å². The molecule has 0 amide bonds. The van der Waals surface area contributed by atoms with E-state index in [0.717, 1.165) is 31.6 Å². The van der Waals surface area contributed by atoms with Gasteiger partial charge in [0.1, 0.15) is 5.76 Å². The minimum absolute atomic E-state index is 0.151. The fourth-order valence-electron chi connectivity index (χ4n) is 2.40. The Morgan fingerprint density at radius 2 is 2.33 bits per heavy atom. The van der Waals surface area contributed by atoms with E-state index in [1.807, 2.05) is 13.0 Å². The maximum atomic E-state index is 9.79. The second kappa shape index (κ2) is 4.37. The summed E-state index contributed by atoms with van der Waals surface area (Å²) in [4.78, 5) is 2.23. The summed E-state index contributed by atoms with van der Waals surface area (Å²) in [6.45, 7) is 2.85. The largest absolute Gasteiger partial charge is 0.469 e. The van der Waals surface area contributed by atoms with Crippen molar-refractivity contribution in [3.8, 4) is 0 Å². The lowest BCUT2D eigenvalue weighted by atomic mass is 10.1. The third kappa shape index (κ3) is 2.24. The number of rotatable bonds is 3. The van der Waals surface area contributed by atoms with Crippen LogP contribution in [0.15, 0.2) is 16.7 Å². The van der Waals surface area contributed by atoms with E-state index in [1.54, 1.807) is 6.26 Å². The van der Waals surface area contributed by atoms with E-state index in [1.165, 1.54) is 5.56 Å². The lowest BCUT2D eigenvalue weighted by molar-refractivity contribution is 0.0822. The van der Waals surface area contributed by atoms with Crippen molar-refractivity contribution < 1.29 is 9.52 Å². The van der Waals surface area contributed by atoms with Crippen molar-refractivity contribution in [2.24, 2.45) is 0 Å². The van der Waals surface area contributed by atoms with Gasteiger partial charge in [-0.15, -0.1) is 0 Å². The summed E-state index contributed by atoms with van der Waals surface area (Å²) < 4.78 is 5.27. The van der Waals surface area contributed by atoms with Crippen LogP contribution in [0.2, 0.25) is 0 Å². The van der Waals surface area contributed by atoms with Gasteiger partial charge in [0.15, 0.2) is 0 Å². The van der Waals surface area contributed by atoms with Crippen LogP contribution in [0, 0.1) is 6.92 Å². The van der Waals surface area contributed by atoms with Crippen molar-refractivity contribution in [2.75, 3.05) is 7.05 Å². The Balaban J connectivity index is 1.97. The molecule has 1 aliphatic rings. The quantitative estimate of drug-likeness (QED) is 0.826.